The molecule has 0 atom stereocenters. The summed E-state index contributed by atoms with van der Waals surface area (Å²) in [7, 11) is -3.75. The number of pyridine rings is 1. The highest BCUT2D eigenvalue weighted by molar-refractivity contribution is 7.92. The zero-order valence-corrected chi connectivity index (χ0v) is 12.2. The molecule has 0 aliphatic heterocycles. The predicted molar refractivity (Wildman–Crippen MR) is 76.2 cm³/mol. The third-order valence-corrected chi connectivity index (χ3v) is 4.43. The highest BCUT2D eigenvalue weighted by Gasteiger charge is 2.18. The predicted octanol–water partition coefficient (Wildman–Crippen LogP) is 3.50. The molecule has 2 aromatic rings. The van der Waals surface area contributed by atoms with Crippen LogP contribution < -0.4 is 4.72 Å². The van der Waals surface area contributed by atoms with Crippen LogP contribution in [0.25, 0.3) is 0 Å². The van der Waals surface area contributed by atoms with Crippen molar-refractivity contribution in [2.24, 2.45) is 0 Å². The maximum absolute atomic E-state index is 12.2. The molecule has 1 aromatic heterocycles. The maximum atomic E-state index is 12.2. The molecule has 0 spiro atoms. The number of benzene rings is 1. The Morgan fingerprint density at radius 3 is 2.53 bits per heavy atom. The minimum absolute atomic E-state index is 0.0210. The molecule has 7 heteroatoms. The van der Waals surface area contributed by atoms with Gasteiger partial charge in [-0.15, -0.1) is 0 Å². The van der Waals surface area contributed by atoms with Gasteiger partial charge in [0.15, 0.2) is 0 Å². The van der Waals surface area contributed by atoms with E-state index < -0.39 is 10.0 Å². The van der Waals surface area contributed by atoms with Crippen molar-refractivity contribution in [1.29, 1.82) is 0 Å². The normalized spacial score (nSPS) is 11.3. The van der Waals surface area contributed by atoms with Gasteiger partial charge in [-0.25, -0.2) is 13.4 Å². The van der Waals surface area contributed by atoms with Crippen LogP contribution in [0.3, 0.4) is 0 Å². The molecule has 100 valence electrons. The monoisotopic (exact) mass is 316 g/mol. The van der Waals surface area contributed by atoms with E-state index in [1.807, 2.05) is 6.92 Å². The van der Waals surface area contributed by atoms with Crippen LogP contribution in [0.1, 0.15) is 5.56 Å². The molecular weight excluding hydrogens is 307 g/mol. The minimum atomic E-state index is -3.75. The van der Waals surface area contributed by atoms with Gasteiger partial charge in [-0.05, 0) is 36.8 Å². The van der Waals surface area contributed by atoms with Gasteiger partial charge in [-0.3, -0.25) is 4.72 Å². The fourth-order valence-electron chi connectivity index (χ4n) is 1.50. The van der Waals surface area contributed by atoms with Crippen LogP contribution in [0.15, 0.2) is 41.4 Å². The lowest BCUT2D eigenvalue weighted by Crippen LogP contribution is -2.13. The molecule has 1 N–H and O–H groups in total. The van der Waals surface area contributed by atoms with Gasteiger partial charge >= 0.3 is 0 Å². The SMILES string of the molecule is Cc1ccc(S(=O)(=O)Nc2ccnc(Cl)c2)c(Cl)c1. The van der Waals surface area contributed by atoms with Crippen molar-refractivity contribution in [2.75, 3.05) is 4.72 Å². The van der Waals surface area contributed by atoms with E-state index in [0.29, 0.717) is 5.69 Å². The zero-order valence-electron chi connectivity index (χ0n) is 9.89. The Morgan fingerprint density at radius 1 is 1.16 bits per heavy atom. The summed E-state index contributed by atoms with van der Waals surface area (Å²) in [6.07, 6.45) is 1.41. The molecule has 2 rings (SSSR count). The Labute approximate surface area is 121 Å². The standard InChI is InChI=1S/C12H10Cl2N2O2S/c1-8-2-3-11(10(13)6-8)19(17,18)16-9-4-5-15-12(14)7-9/h2-7H,1H3,(H,15,16). The average Bonchev–Trinajstić information content (AvgIpc) is 2.27. The maximum Gasteiger partial charge on any atom is 0.263 e. The third-order valence-electron chi connectivity index (χ3n) is 2.36. The van der Waals surface area contributed by atoms with Gasteiger partial charge in [0, 0.05) is 6.20 Å². The lowest BCUT2D eigenvalue weighted by atomic mass is 10.2. The smallest absolute Gasteiger partial charge is 0.263 e. The summed E-state index contributed by atoms with van der Waals surface area (Å²) < 4.78 is 26.8. The Bertz CT molecular complexity index is 717. The van der Waals surface area contributed by atoms with Gasteiger partial charge in [0.05, 0.1) is 10.7 Å². The van der Waals surface area contributed by atoms with E-state index in [1.165, 1.54) is 24.4 Å². The van der Waals surface area contributed by atoms with Crippen molar-refractivity contribution in [3.8, 4) is 0 Å². The van der Waals surface area contributed by atoms with E-state index in [4.69, 9.17) is 23.2 Å². The fraction of sp³-hybridized carbons (Fsp3) is 0.0833. The number of hydrogen-bond acceptors (Lipinski definition) is 3. The molecule has 19 heavy (non-hydrogen) atoms. The highest BCUT2D eigenvalue weighted by atomic mass is 35.5. The number of nitrogens with one attached hydrogen (secondary N) is 1. The van der Waals surface area contributed by atoms with Crippen molar-refractivity contribution in [1.82, 2.24) is 4.98 Å². The first-order chi connectivity index (χ1) is 8.88. The number of halogens is 2. The number of anilines is 1. The Hall–Kier alpha value is -1.30. The van der Waals surface area contributed by atoms with Crippen molar-refractivity contribution < 1.29 is 8.42 Å². The Morgan fingerprint density at radius 2 is 1.89 bits per heavy atom. The van der Waals surface area contributed by atoms with Gasteiger partial charge in [-0.1, -0.05) is 29.3 Å². The molecule has 1 heterocycles. The minimum Gasteiger partial charge on any atom is -0.279 e. The largest absolute Gasteiger partial charge is 0.279 e. The second kappa shape index (κ2) is 5.36. The molecule has 0 fully saturated rings. The van der Waals surface area contributed by atoms with Gasteiger partial charge < -0.3 is 0 Å². The van der Waals surface area contributed by atoms with Crippen molar-refractivity contribution >= 4 is 38.9 Å². The Kier molecular flexibility index (Phi) is 3.99. The van der Waals surface area contributed by atoms with Crippen LogP contribution in [-0.4, -0.2) is 13.4 Å². The molecule has 0 bridgehead atoms. The summed E-state index contributed by atoms with van der Waals surface area (Å²) in [5.74, 6) is 0. The molecule has 0 aliphatic rings. The molecular formula is C12H10Cl2N2O2S. The number of aromatic nitrogens is 1. The third kappa shape index (κ3) is 3.37. The fourth-order valence-corrected chi connectivity index (χ4v) is 3.32. The molecule has 0 saturated heterocycles. The average molecular weight is 317 g/mol. The van der Waals surface area contributed by atoms with Gasteiger partial charge in [-0.2, -0.15) is 0 Å². The lowest BCUT2D eigenvalue weighted by Gasteiger charge is -2.09. The van der Waals surface area contributed by atoms with Gasteiger partial charge in [0.25, 0.3) is 10.0 Å². The summed E-state index contributed by atoms with van der Waals surface area (Å²) in [5, 5.41) is 0.378. The number of nitrogens with zero attached hydrogens (tertiary/aromatic N) is 1. The molecule has 0 saturated carbocycles. The second-order valence-electron chi connectivity index (χ2n) is 3.91. The molecule has 0 amide bonds. The zero-order chi connectivity index (χ0) is 14.0. The number of hydrogen-bond donors (Lipinski definition) is 1. The van der Waals surface area contributed by atoms with Gasteiger partial charge in [0.2, 0.25) is 0 Å². The summed E-state index contributed by atoms with van der Waals surface area (Å²) in [6.45, 7) is 1.83. The first kappa shape index (κ1) is 14.1. The first-order valence-corrected chi connectivity index (χ1v) is 7.53. The van der Waals surface area contributed by atoms with Crippen LogP contribution in [-0.2, 0) is 10.0 Å². The van der Waals surface area contributed by atoms with E-state index in [2.05, 4.69) is 9.71 Å². The summed E-state index contributed by atoms with van der Waals surface area (Å²) in [6, 6.07) is 7.66. The van der Waals surface area contributed by atoms with Crippen LogP contribution in [0.4, 0.5) is 5.69 Å². The number of aryl methyl sites for hydroxylation is 1. The van der Waals surface area contributed by atoms with E-state index in [9.17, 15) is 8.42 Å². The summed E-state index contributed by atoms with van der Waals surface area (Å²) in [4.78, 5) is 3.80. The van der Waals surface area contributed by atoms with Crippen molar-refractivity contribution in [3.05, 3.63) is 52.3 Å². The first-order valence-electron chi connectivity index (χ1n) is 5.29. The van der Waals surface area contributed by atoms with E-state index in [-0.39, 0.29) is 15.1 Å². The lowest BCUT2D eigenvalue weighted by molar-refractivity contribution is 0.601. The van der Waals surface area contributed by atoms with Gasteiger partial charge in [0.1, 0.15) is 10.0 Å². The molecule has 0 unspecified atom stereocenters. The molecule has 0 radical (unpaired) electrons. The highest BCUT2D eigenvalue weighted by Crippen LogP contribution is 2.25. The number of sulfonamides is 1. The van der Waals surface area contributed by atoms with E-state index in [0.717, 1.165) is 5.56 Å². The topological polar surface area (TPSA) is 59.1 Å². The van der Waals surface area contributed by atoms with E-state index in [1.54, 1.807) is 12.1 Å². The van der Waals surface area contributed by atoms with Crippen LogP contribution >= 0.6 is 23.2 Å². The number of rotatable bonds is 3. The Balaban J connectivity index is 2.38. The van der Waals surface area contributed by atoms with Crippen LogP contribution in [0, 0.1) is 6.92 Å². The molecule has 4 nitrogen and oxygen atoms in total. The van der Waals surface area contributed by atoms with Crippen molar-refractivity contribution in [2.45, 2.75) is 11.8 Å². The van der Waals surface area contributed by atoms with Crippen LogP contribution in [0.2, 0.25) is 10.2 Å². The van der Waals surface area contributed by atoms with E-state index >= 15 is 0 Å². The summed E-state index contributed by atoms with van der Waals surface area (Å²) in [5.41, 5.74) is 1.22. The summed E-state index contributed by atoms with van der Waals surface area (Å²) >= 11 is 11.7. The molecule has 1 aromatic carbocycles. The molecule has 0 aliphatic carbocycles. The van der Waals surface area contributed by atoms with Crippen LogP contribution in [0.5, 0.6) is 0 Å². The second-order valence-corrected chi connectivity index (χ2v) is 6.35. The quantitative estimate of drug-likeness (QED) is 0.882. The van der Waals surface area contributed by atoms with Crippen molar-refractivity contribution in [3.63, 3.8) is 0 Å².